The number of amides is 1. The Bertz CT molecular complexity index is 1060. The number of nitrogens with zero attached hydrogens (tertiary/aromatic N) is 3. The van der Waals surface area contributed by atoms with Gasteiger partial charge in [-0.2, -0.15) is 0 Å². The van der Waals surface area contributed by atoms with Crippen LogP contribution in [0.1, 0.15) is 5.82 Å². The van der Waals surface area contributed by atoms with Crippen LogP contribution in [0.15, 0.2) is 64.7 Å². The molecule has 0 aliphatic rings. The number of hydrogen-bond donors (Lipinski definition) is 1. The van der Waals surface area contributed by atoms with Gasteiger partial charge in [0.25, 0.3) is 0 Å². The van der Waals surface area contributed by atoms with E-state index in [-0.39, 0.29) is 18.3 Å². The SMILES string of the molecule is C=CCn1c(COc2ccccc2Cl)nnc1SCC(=O)Nc1ccc(Br)cc1Cl. The van der Waals surface area contributed by atoms with Gasteiger partial charge in [0.05, 0.1) is 21.5 Å². The van der Waals surface area contributed by atoms with Gasteiger partial charge >= 0.3 is 0 Å². The number of allylic oxidation sites excluding steroid dienone is 1. The number of anilines is 1. The van der Waals surface area contributed by atoms with Crippen LogP contribution in [-0.2, 0) is 17.9 Å². The standard InChI is InChI=1S/C20H17BrCl2N4O2S/c1-2-9-27-18(11-29-17-6-4-3-5-14(17)22)25-26-20(27)30-12-19(28)24-16-8-7-13(21)10-15(16)23/h2-8,10H,1,9,11-12H2,(H,24,28). The molecule has 30 heavy (non-hydrogen) atoms. The molecule has 0 atom stereocenters. The van der Waals surface area contributed by atoms with Crippen molar-refractivity contribution in [2.45, 2.75) is 18.3 Å². The molecule has 0 saturated heterocycles. The molecule has 3 rings (SSSR count). The highest BCUT2D eigenvalue weighted by Crippen LogP contribution is 2.27. The fraction of sp³-hybridized carbons (Fsp3) is 0.150. The highest BCUT2D eigenvalue weighted by Gasteiger charge is 2.15. The van der Waals surface area contributed by atoms with Crippen molar-refractivity contribution in [3.63, 3.8) is 0 Å². The molecule has 2 aromatic carbocycles. The second-order valence-electron chi connectivity index (χ2n) is 5.98. The van der Waals surface area contributed by atoms with Gasteiger partial charge in [0, 0.05) is 11.0 Å². The minimum atomic E-state index is -0.203. The first-order chi connectivity index (χ1) is 14.5. The normalized spacial score (nSPS) is 10.6. The quantitative estimate of drug-likeness (QED) is 0.279. The second kappa shape index (κ2) is 10.9. The maximum atomic E-state index is 12.3. The van der Waals surface area contributed by atoms with Crippen LogP contribution in [0.25, 0.3) is 0 Å². The summed E-state index contributed by atoms with van der Waals surface area (Å²) in [5.74, 6) is 1.11. The first-order valence-electron chi connectivity index (χ1n) is 8.76. The van der Waals surface area contributed by atoms with Gasteiger partial charge in [-0.25, -0.2) is 0 Å². The summed E-state index contributed by atoms with van der Waals surface area (Å²) in [6, 6.07) is 12.5. The average molecular weight is 528 g/mol. The third-order valence-electron chi connectivity index (χ3n) is 3.84. The summed E-state index contributed by atoms with van der Waals surface area (Å²) in [6.45, 7) is 4.44. The van der Waals surface area contributed by atoms with E-state index < -0.39 is 0 Å². The molecule has 1 N–H and O–H groups in total. The lowest BCUT2D eigenvalue weighted by Crippen LogP contribution is -2.15. The van der Waals surface area contributed by atoms with Crippen LogP contribution >= 0.6 is 50.9 Å². The molecule has 0 spiro atoms. The molecule has 1 amide bonds. The zero-order valence-electron chi connectivity index (χ0n) is 15.6. The lowest BCUT2D eigenvalue weighted by molar-refractivity contribution is -0.113. The molecule has 0 radical (unpaired) electrons. The van der Waals surface area contributed by atoms with Gasteiger partial charge in [0.15, 0.2) is 11.0 Å². The van der Waals surface area contributed by atoms with Gasteiger partial charge in [0.1, 0.15) is 12.4 Å². The topological polar surface area (TPSA) is 69.0 Å². The Morgan fingerprint density at radius 2 is 2.03 bits per heavy atom. The molecule has 0 aliphatic heterocycles. The first-order valence-corrected chi connectivity index (χ1v) is 11.3. The molecule has 0 unspecified atom stereocenters. The van der Waals surface area contributed by atoms with Gasteiger partial charge in [-0.3, -0.25) is 9.36 Å². The van der Waals surface area contributed by atoms with Crippen molar-refractivity contribution in [1.29, 1.82) is 0 Å². The van der Waals surface area contributed by atoms with Gasteiger partial charge in [-0.1, -0.05) is 69.1 Å². The van der Waals surface area contributed by atoms with Crippen molar-refractivity contribution in [3.8, 4) is 5.75 Å². The number of halogens is 3. The lowest BCUT2D eigenvalue weighted by Gasteiger charge is -2.10. The van der Waals surface area contributed by atoms with E-state index in [9.17, 15) is 4.79 Å². The zero-order valence-corrected chi connectivity index (χ0v) is 19.6. The van der Waals surface area contributed by atoms with Crippen LogP contribution in [-0.4, -0.2) is 26.4 Å². The van der Waals surface area contributed by atoms with Crippen molar-refractivity contribution >= 4 is 62.5 Å². The van der Waals surface area contributed by atoms with E-state index in [4.69, 9.17) is 27.9 Å². The summed E-state index contributed by atoms with van der Waals surface area (Å²) >= 11 is 16.9. The largest absolute Gasteiger partial charge is 0.484 e. The van der Waals surface area contributed by atoms with Crippen LogP contribution in [0.2, 0.25) is 10.0 Å². The third-order valence-corrected chi connectivity index (χ3v) is 5.92. The molecule has 6 nitrogen and oxygen atoms in total. The Morgan fingerprint density at radius 3 is 2.77 bits per heavy atom. The molecule has 156 valence electrons. The minimum Gasteiger partial charge on any atom is -0.484 e. The number of carbonyl (C=O) groups excluding carboxylic acids is 1. The predicted octanol–water partition coefficient (Wildman–Crippen LogP) is 5.84. The van der Waals surface area contributed by atoms with E-state index in [1.165, 1.54) is 11.8 Å². The molecule has 1 heterocycles. The van der Waals surface area contributed by atoms with E-state index in [1.807, 2.05) is 16.7 Å². The van der Waals surface area contributed by atoms with E-state index in [0.717, 1.165) is 4.47 Å². The number of para-hydroxylation sites is 1. The average Bonchev–Trinajstić information content (AvgIpc) is 3.10. The van der Waals surface area contributed by atoms with Crippen LogP contribution in [0.3, 0.4) is 0 Å². The molecule has 1 aromatic heterocycles. The number of aromatic nitrogens is 3. The number of thioether (sulfide) groups is 1. The summed E-state index contributed by atoms with van der Waals surface area (Å²) in [6.07, 6.45) is 1.73. The number of carbonyl (C=O) groups is 1. The van der Waals surface area contributed by atoms with Crippen LogP contribution in [0.4, 0.5) is 5.69 Å². The Hall–Kier alpha value is -2.00. The van der Waals surface area contributed by atoms with Gasteiger partial charge in [0.2, 0.25) is 5.91 Å². The summed E-state index contributed by atoms with van der Waals surface area (Å²) in [5, 5.41) is 12.7. The molecular formula is C20H17BrCl2N4O2S. The molecule has 0 fully saturated rings. The molecule has 0 saturated carbocycles. The number of benzene rings is 2. The number of nitrogens with one attached hydrogen (secondary N) is 1. The molecule has 0 aliphatic carbocycles. The fourth-order valence-electron chi connectivity index (χ4n) is 2.46. The maximum absolute atomic E-state index is 12.3. The van der Waals surface area contributed by atoms with Crippen molar-refractivity contribution in [1.82, 2.24) is 14.8 Å². The van der Waals surface area contributed by atoms with Crippen molar-refractivity contribution in [2.75, 3.05) is 11.1 Å². The Balaban J connectivity index is 1.63. The fourth-order valence-corrected chi connectivity index (χ4v) is 4.13. The summed E-state index contributed by atoms with van der Waals surface area (Å²) in [4.78, 5) is 12.3. The zero-order chi connectivity index (χ0) is 21.5. The minimum absolute atomic E-state index is 0.146. The number of hydrogen-bond acceptors (Lipinski definition) is 5. The van der Waals surface area contributed by atoms with Gasteiger partial charge in [-0.05, 0) is 30.3 Å². The van der Waals surface area contributed by atoms with E-state index in [2.05, 4.69) is 38.0 Å². The monoisotopic (exact) mass is 526 g/mol. The number of ether oxygens (including phenoxy) is 1. The summed E-state index contributed by atoms with van der Waals surface area (Å²) in [7, 11) is 0. The summed E-state index contributed by atoms with van der Waals surface area (Å²) in [5.41, 5.74) is 0.548. The van der Waals surface area contributed by atoms with E-state index >= 15 is 0 Å². The van der Waals surface area contributed by atoms with Crippen molar-refractivity contribution < 1.29 is 9.53 Å². The van der Waals surface area contributed by atoms with E-state index in [0.29, 0.717) is 39.0 Å². The highest BCUT2D eigenvalue weighted by atomic mass is 79.9. The Kier molecular flexibility index (Phi) is 8.21. The predicted molar refractivity (Wildman–Crippen MR) is 125 cm³/mol. The van der Waals surface area contributed by atoms with E-state index in [1.54, 1.807) is 36.4 Å². The third kappa shape index (κ3) is 6.01. The Labute approximate surface area is 196 Å². The molecular weight excluding hydrogens is 511 g/mol. The first kappa shape index (κ1) is 22.7. The lowest BCUT2D eigenvalue weighted by atomic mass is 10.3. The van der Waals surface area contributed by atoms with Crippen LogP contribution in [0, 0.1) is 0 Å². The molecule has 10 heteroatoms. The summed E-state index contributed by atoms with van der Waals surface area (Å²) < 4.78 is 8.43. The van der Waals surface area contributed by atoms with Crippen LogP contribution in [0.5, 0.6) is 5.75 Å². The van der Waals surface area contributed by atoms with Gasteiger partial charge < -0.3 is 10.1 Å². The molecule has 0 bridgehead atoms. The van der Waals surface area contributed by atoms with Crippen molar-refractivity contribution in [2.24, 2.45) is 0 Å². The van der Waals surface area contributed by atoms with Gasteiger partial charge in [-0.15, -0.1) is 16.8 Å². The molecule has 3 aromatic rings. The maximum Gasteiger partial charge on any atom is 0.234 e. The number of rotatable bonds is 9. The second-order valence-corrected chi connectivity index (χ2v) is 8.65. The smallest absolute Gasteiger partial charge is 0.234 e. The Morgan fingerprint density at radius 1 is 1.23 bits per heavy atom. The highest BCUT2D eigenvalue weighted by molar-refractivity contribution is 9.10. The van der Waals surface area contributed by atoms with Crippen LogP contribution < -0.4 is 10.1 Å². The van der Waals surface area contributed by atoms with Crippen molar-refractivity contribution in [3.05, 3.63) is 75.5 Å².